The predicted molar refractivity (Wildman–Crippen MR) is 65.8 cm³/mol. The predicted octanol–water partition coefficient (Wildman–Crippen LogP) is 3.55. The summed E-state index contributed by atoms with van der Waals surface area (Å²) in [5.41, 5.74) is -1.19. The second-order valence-electron chi connectivity index (χ2n) is 4.84. The summed E-state index contributed by atoms with van der Waals surface area (Å²) in [6, 6.07) is 5.12. The van der Waals surface area contributed by atoms with Crippen molar-refractivity contribution in [1.82, 2.24) is 9.78 Å². The van der Waals surface area contributed by atoms with Crippen LogP contribution < -0.4 is 0 Å². The van der Waals surface area contributed by atoms with E-state index in [0.717, 1.165) is 10.7 Å². The van der Waals surface area contributed by atoms with Crippen LogP contribution in [0, 0.1) is 5.82 Å². The molecule has 0 bridgehead atoms. The molecule has 0 spiro atoms. The number of halogens is 4. The van der Waals surface area contributed by atoms with E-state index in [9.17, 15) is 22.4 Å². The van der Waals surface area contributed by atoms with Crippen molar-refractivity contribution in [3.05, 3.63) is 47.0 Å². The number of carbonyl (C=O) groups is 1. The lowest BCUT2D eigenvalue weighted by atomic mass is 9.94. The number of carbonyl (C=O) groups excluding carboxylic acids is 1. The number of ketones is 1. The van der Waals surface area contributed by atoms with Crippen molar-refractivity contribution in [2.75, 3.05) is 0 Å². The molecule has 3 nitrogen and oxygen atoms in total. The number of rotatable bonds is 1. The van der Waals surface area contributed by atoms with Crippen molar-refractivity contribution in [3.63, 3.8) is 0 Å². The molecule has 7 heteroatoms. The Kier molecular flexibility index (Phi) is 3.07. The van der Waals surface area contributed by atoms with Crippen LogP contribution in [-0.2, 0) is 12.6 Å². The number of benzene rings is 1. The average Bonchev–Trinajstić information content (AvgIpc) is 2.79. The van der Waals surface area contributed by atoms with Crippen LogP contribution in [0.2, 0.25) is 0 Å². The van der Waals surface area contributed by atoms with Crippen LogP contribution in [0.15, 0.2) is 24.3 Å². The highest BCUT2D eigenvalue weighted by molar-refractivity contribution is 5.99. The Labute approximate surface area is 117 Å². The third-order valence-electron chi connectivity index (χ3n) is 3.40. The van der Waals surface area contributed by atoms with Gasteiger partial charge in [-0.3, -0.25) is 4.79 Å². The molecule has 0 unspecified atom stereocenters. The van der Waals surface area contributed by atoms with Crippen molar-refractivity contribution >= 4 is 5.78 Å². The highest BCUT2D eigenvalue weighted by atomic mass is 19.4. The second-order valence-corrected chi connectivity index (χ2v) is 4.84. The normalized spacial score (nSPS) is 15.1. The van der Waals surface area contributed by atoms with Gasteiger partial charge in [0.1, 0.15) is 5.82 Å². The SMILES string of the molecule is O=C1CCCc2c1c(C(F)(F)F)nn2-c1cccc(F)c1. The third kappa shape index (κ3) is 2.32. The second kappa shape index (κ2) is 4.68. The summed E-state index contributed by atoms with van der Waals surface area (Å²) < 4.78 is 53.5. The van der Waals surface area contributed by atoms with E-state index in [-0.39, 0.29) is 23.4 Å². The number of fused-ring (bicyclic) bond motifs is 1. The first-order valence-electron chi connectivity index (χ1n) is 6.36. The Morgan fingerprint density at radius 3 is 2.62 bits per heavy atom. The largest absolute Gasteiger partial charge is 0.435 e. The summed E-state index contributed by atoms with van der Waals surface area (Å²) in [5, 5.41) is 3.53. The molecule has 1 aromatic heterocycles. The number of nitrogens with zero attached hydrogens (tertiary/aromatic N) is 2. The molecule has 0 N–H and O–H groups in total. The summed E-state index contributed by atoms with van der Waals surface area (Å²) in [7, 11) is 0. The van der Waals surface area contributed by atoms with Crippen LogP contribution in [0.1, 0.15) is 34.6 Å². The molecule has 2 aromatic rings. The summed E-state index contributed by atoms with van der Waals surface area (Å²) >= 11 is 0. The molecule has 0 fully saturated rings. The molecular formula is C14H10F4N2O. The van der Waals surface area contributed by atoms with Gasteiger partial charge in [0, 0.05) is 6.42 Å². The van der Waals surface area contributed by atoms with Gasteiger partial charge < -0.3 is 0 Å². The Bertz CT molecular complexity index is 718. The summed E-state index contributed by atoms with van der Waals surface area (Å²) in [6.07, 6.45) is -3.87. The summed E-state index contributed by atoms with van der Waals surface area (Å²) in [6.45, 7) is 0. The van der Waals surface area contributed by atoms with Gasteiger partial charge in [0.25, 0.3) is 0 Å². The molecule has 1 aromatic carbocycles. The highest BCUT2D eigenvalue weighted by Gasteiger charge is 2.42. The van der Waals surface area contributed by atoms with Gasteiger partial charge in [-0.25, -0.2) is 9.07 Å². The fourth-order valence-corrected chi connectivity index (χ4v) is 2.54. The van der Waals surface area contributed by atoms with Gasteiger partial charge in [-0.2, -0.15) is 18.3 Å². The summed E-state index contributed by atoms with van der Waals surface area (Å²) in [4.78, 5) is 11.8. The standard InChI is InChI=1S/C14H10F4N2O/c15-8-3-1-4-9(7-8)20-10-5-2-6-11(21)12(10)13(19-20)14(16,17)18/h1,3-4,7H,2,5-6H2. The number of aromatic nitrogens is 2. The maximum Gasteiger partial charge on any atom is 0.435 e. The van der Waals surface area contributed by atoms with E-state index in [1.165, 1.54) is 18.2 Å². The minimum atomic E-state index is -4.71. The Hall–Kier alpha value is -2.18. The molecule has 21 heavy (non-hydrogen) atoms. The number of alkyl halides is 3. The lowest BCUT2D eigenvalue weighted by molar-refractivity contribution is -0.141. The van der Waals surface area contributed by atoms with Gasteiger partial charge in [0.15, 0.2) is 11.5 Å². The maximum absolute atomic E-state index is 13.3. The van der Waals surface area contributed by atoms with Crippen LogP contribution in [0.25, 0.3) is 5.69 Å². The molecule has 0 saturated heterocycles. The Morgan fingerprint density at radius 2 is 1.95 bits per heavy atom. The molecule has 110 valence electrons. The molecule has 0 radical (unpaired) electrons. The van der Waals surface area contributed by atoms with Crippen molar-refractivity contribution in [2.45, 2.75) is 25.4 Å². The molecule has 1 aliphatic carbocycles. The van der Waals surface area contributed by atoms with Crippen LogP contribution in [0.5, 0.6) is 0 Å². The van der Waals surface area contributed by atoms with Gasteiger partial charge in [-0.15, -0.1) is 0 Å². The quantitative estimate of drug-likeness (QED) is 0.755. The molecule has 1 heterocycles. The topological polar surface area (TPSA) is 34.9 Å². The lowest BCUT2D eigenvalue weighted by Crippen LogP contribution is -2.16. The zero-order valence-corrected chi connectivity index (χ0v) is 10.7. The van der Waals surface area contributed by atoms with Crippen molar-refractivity contribution in [3.8, 4) is 5.69 Å². The molecule has 3 rings (SSSR count). The van der Waals surface area contributed by atoms with E-state index in [2.05, 4.69) is 5.10 Å². The van der Waals surface area contributed by atoms with Crippen LogP contribution in [0.3, 0.4) is 0 Å². The van der Waals surface area contributed by atoms with Crippen LogP contribution in [0.4, 0.5) is 17.6 Å². The number of hydrogen-bond acceptors (Lipinski definition) is 2. The molecule has 0 amide bonds. The molecule has 0 aliphatic heterocycles. The van der Waals surface area contributed by atoms with E-state index >= 15 is 0 Å². The minimum Gasteiger partial charge on any atom is -0.294 e. The Morgan fingerprint density at radius 1 is 1.19 bits per heavy atom. The lowest BCUT2D eigenvalue weighted by Gasteiger charge is -2.13. The molecule has 0 atom stereocenters. The first-order valence-corrected chi connectivity index (χ1v) is 6.36. The van der Waals surface area contributed by atoms with Gasteiger partial charge in [0.05, 0.1) is 16.9 Å². The van der Waals surface area contributed by atoms with Gasteiger partial charge in [0.2, 0.25) is 0 Å². The smallest absolute Gasteiger partial charge is 0.294 e. The van der Waals surface area contributed by atoms with E-state index in [1.54, 1.807) is 0 Å². The average molecular weight is 298 g/mol. The Balaban J connectivity index is 2.25. The third-order valence-corrected chi connectivity index (χ3v) is 3.40. The van der Waals surface area contributed by atoms with E-state index in [1.807, 2.05) is 0 Å². The van der Waals surface area contributed by atoms with Crippen LogP contribution >= 0.6 is 0 Å². The van der Waals surface area contributed by atoms with Crippen LogP contribution in [-0.4, -0.2) is 15.6 Å². The minimum absolute atomic E-state index is 0.0743. The first-order chi connectivity index (χ1) is 9.88. The summed E-state index contributed by atoms with van der Waals surface area (Å²) in [5.74, 6) is -1.14. The molecule has 0 saturated carbocycles. The van der Waals surface area contributed by atoms with E-state index in [0.29, 0.717) is 12.8 Å². The number of hydrogen-bond donors (Lipinski definition) is 0. The molecule has 1 aliphatic rings. The molecular weight excluding hydrogens is 288 g/mol. The van der Waals surface area contributed by atoms with Gasteiger partial charge in [-0.1, -0.05) is 6.07 Å². The highest BCUT2D eigenvalue weighted by Crippen LogP contribution is 2.36. The zero-order chi connectivity index (χ0) is 15.2. The number of Topliss-reactive ketones (excluding diaryl/α,β-unsaturated/α-hetero) is 1. The van der Waals surface area contributed by atoms with Crippen molar-refractivity contribution in [1.29, 1.82) is 0 Å². The fraction of sp³-hybridized carbons (Fsp3) is 0.286. The maximum atomic E-state index is 13.3. The van der Waals surface area contributed by atoms with Gasteiger partial charge in [-0.05, 0) is 31.0 Å². The zero-order valence-electron chi connectivity index (χ0n) is 10.7. The monoisotopic (exact) mass is 298 g/mol. The van der Waals surface area contributed by atoms with E-state index < -0.39 is 23.5 Å². The van der Waals surface area contributed by atoms with Crippen molar-refractivity contribution in [2.24, 2.45) is 0 Å². The van der Waals surface area contributed by atoms with Crippen molar-refractivity contribution < 1.29 is 22.4 Å². The fourth-order valence-electron chi connectivity index (χ4n) is 2.54. The first kappa shape index (κ1) is 13.8. The van der Waals surface area contributed by atoms with Gasteiger partial charge >= 0.3 is 6.18 Å². The van der Waals surface area contributed by atoms with E-state index in [4.69, 9.17) is 0 Å².